The number of furan rings is 1. The molecule has 9 heteroatoms. The van der Waals surface area contributed by atoms with E-state index in [1.165, 1.54) is 12.1 Å². The molecule has 8 aromatic carbocycles. The Hall–Kier alpha value is -7.54. The fourth-order valence-corrected chi connectivity index (χ4v) is 8.72. The molecule has 0 aliphatic carbocycles. The van der Waals surface area contributed by atoms with Crippen molar-refractivity contribution in [2.75, 3.05) is 0 Å². The number of pyridine rings is 1. The van der Waals surface area contributed by atoms with Gasteiger partial charge in [-0.25, -0.2) is 4.39 Å². The van der Waals surface area contributed by atoms with Crippen molar-refractivity contribution in [1.29, 1.82) is 0 Å². The van der Waals surface area contributed by atoms with E-state index in [1.54, 1.807) is 18.3 Å². The first-order valence-electron chi connectivity index (χ1n) is 21.5. The first-order chi connectivity index (χ1) is 32.1. The zero-order valence-corrected chi connectivity index (χ0v) is 38.6. The molecule has 0 saturated heterocycles. The van der Waals surface area contributed by atoms with Crippen molar-refractivity contribution in [3.05, 3.63) is 205 Å². The van der Waals surface area contributed by atoms with E-state index in [2.05, 4.69) is 97.1 Å². The number of aromatic nitrogens is 3. The number of imidazole rings is 1. The Kier molecular flexibility index (Phi) is 11.2. The summed E-state index contributed by atoms with van der Waals surface area (Å²) in [6, 6.07) is 61.7. The van der Waals surface area contributed by atoms with E-state index in [9.17, 15) is 13.2 Å². The largest absolute Gasteiger partial charge is 2.00 e. The van der Waals surface area contributed by atoms with Gasteiger partial charge in [-0.1, -0.05) is 147 Å². The molecule has 67 heavy (non-hydrogen) atoms. The molecule has 0 saturated carbocycles. The van der Waals surface area contributed by atoms with Gasteiger partial charge in [0.25, 0.3) is 0 Å². The number of nitrogens with zero attached hydrogens (tertiary/aromatic N) is 3. The zero-order valence-electron chi connectivity index (χ0n) is 36.4. The average molecular weight is 1060 g/mol. The maximum absolute atomic E-state index is 14.0. The smallest absolute Gasteiger partial charge is 0.501 e. The number of rotatable bonds is 8. The molecule has 0 amide bonds. The minimum Gasteiger partial charge on any atom is -0.501 e. The van der Waals surface area contributed by atoms with E-state index in [-0.39, 0.29) is 32.0 Å². The van der Waals surface area contributed by atoms with Crippen molar-refractivity contribution in [2.24, 2.45) is 0 Å². The molecule has 0 aliphatic rings. The molecular weight excluding hydrogens is 1020 g/mol. The van der Waals surface area contributed by atoms with E-state index in [4.69, 9.17) is 14.1 Å². The normalized spacial score (nSPS) is 11.6. The van der Waals surface area contributed by atoms with Crippen molar-refractivity contribution in [1.82, 2.24) is 14.5 Å². The summed E-state index contributed by atoms with van der Waals surface area (Å²) >= 11 is 0. The van der Waals surface area contributed by atoms with Crippen LogP contribution in [-0.2, 0) is 26.5 Å². The standard InChI is InChI=1S/C58H38F3N3O2.Pt/c1-58(2,3)48-31-40(35-12-5-4-6-13-35)25-26-51(48)64-52-18-8-7-17-50(52)63-57(64)47-34-44(65-43-15-11-14-41(29-43)49-16-9-10-27-62-49)33-46-45-30-39-24-23-38(28-42(39)32-53(45)66-55(46)47)36-19-21-37(22-20-36)54(59)56(60)61;/h4-28,30-33H,1-3H3;/q-2;+2. The molecule has 5 nitrogen and oxygen atoms in total. The third-order valence-electron chi connectivity index (χ3n) is 11.9. The second kappa shape index (κ2) is 17.4. The van der Waals surface area contributed by atoms with Gasteiger partial charge in [-0.15, -0.1) is 23.8 Å². The molecule has 0 bridgehead atoms. The van der Waals surface area contributed by atoms with Crippen LogP contribution in [0.4, 0.5) is 13.2 Å². The van der Waals surface area contributed by atoms with Crippen molar-refractivity contribution in [3.63, 3.8) is 0 Å². The second-order valence-electron chi connectivity index (χ2n) is 17.3. The average Bonchev–Trinajstić information content (AvgIpc) is 3.91. The van der Waals surface area contributed by atoms with Crippen LogP contribution in [0, 0.1) is 12.1 Å². The Bertz CT molecular complexity index is 3690. The van der Waals surface area contributed by atoms with Crippen LogP contribution in [0.15, 0.2) is 187 Å². The molecule has 0 N–H and O–H groups in total. The van der Waals surface area contributed by atoms with Crippen LogP contribution in [0.2, 0.25) is 0 Å². The topological polar surface area (TPSA) is 53.1 Å². The van der Waals surface area contributed by atoms with Gasteiger partial charge in [0.15, 0.2) is 5.83 Å². The van der Waals surface area contributed by atoms with E-state index >= 15 is 0 Å². The van der Waals surface area contributed by atoms with Gasteiger partial charge in [-0.05, 0) is 98.2 Å². The molecule has 0 atom stereocenters. The Labute approximate surface area is 399 Å². The van der Waals surface area contributed by atoms with Gasteiger partial charge < -0.3 is 18.7 Å². The number of hydrogen-bond donors (Lipinski definition) is 0. The van der Waals surface area contributed by atoms with E-state index in [0.29, 0.717) is 34.1 Å². The van der Waals surface area contributed by atoms with Gasteiger partial charge in [-0.2, -0.15) is 8.78 Å². The number of benzene rings is 8. The maximum atomic E-state index is 14.0. The maximum Gasteiger partial charge on any atom is 2.00 e. The molecule has 3 aromatic heterocycles. The molecule has 0 radical (unpaired) electrons. The summed E-state index contributed by atoms with van der Waals surface area (Å²) in [4.78, 5) is 9.87. The minimum atomic E-state index is -2.35. The van der Waals surface area contributed by atoms with E-state index in [1.807, 2.05) is 91.0 Å². The van der Waals surface area contributed by atoms with Crippen LogP contribution < -0.4 is 4.74 Å². The molecule has 11 rings (SSSR count). The van der Waals surface area contributed by atoms with Crippen LogP contribution in [0.1, 0.15) is 31.9 Å². The second-order valence-corrected chi connectivity index (χ2v) is 17.3. The molecule has 11 aromatic rings. The van der Waals surface area contributed by atoms with Crippen molar-refractivity contribution in [2.45, 2.75) is 26.2 Å². The van der Waals surface area contributed by atoms with Crippen molar-refractivity contribution >= 4 is 49.6 Å². The quantitative estimate of drug-likeness (QED) is 0.142. The first kappa shape index (κ1) is 43.4. The van der Waals surface area contributed by atoms with Gasteiger partial charge >= 0.3 is 27.1 Å². The SMILES string of the molecule is CC(C)(C)c1cc(-c2ccccc2)ccc1-n1c(-c2[c-]c(Oc3[c-]c(-c4ccccn4)ccc3)cc3c2oc2cc4cc(-c5ccc(C(F)=C(F)F)cc5)ccc4cc23)nc2ccccc21.[Pt+2]. The number of fused-ring (bicyclic) bond motifs is 5. The summed E-state index contributed by atoms with van der Waals surface area (Å²) in [5.41, 5.74) is 10.6. The fourth-order valence-electron chi connectivity index (χ4n) is 8.72. The fraction of sp³-hybridized carbons (Fsp3) is 0.0690. The van der Waals surface area contributed by atoms with Crippen LogP contribution in [0.25, 0.3) is 100 Å². The molecule has 3 heterocycles. The van der Waals surface area contributed by atoms with Crippen molar-refractivity contribution < 1.29 is 43.4 Å². The summed E-state index contributed by atoms with van der Waals surface area (Å²) < 4.78 is 55.8. The van der Waals surface area contributed by atoms with Gasteiger partial charge in [0.05, 0.1) is 22.4 Å². The third kappa shape index (κ3) is 8.12. The number of ether oxygens (including phenoxy) is 1. The van der Waals surface area contributed by atoms with Gasteiger partial charge in [0, 0.05) is 34.3 Å². The summed E-state index contributed by atoms with van der Waals surface area (Å²) in [5, 5.41) is 3.52. The van der Waals surface area contributed by atoms with Crippen molar-refractivity contribution in [3.8, 4) is 62.1 Å². The van der Waals surface area contributed by atoms with Gasteiger partial charge in [0.2, 0.25) is 0 Å². The zero-order chi connectivity index (χ0) is 45.1. The Balaban J connectivity index is 0.00000525. The predicted molar refractivity (Wildman–Crippen MR) is 259 cm³/mol. The molecule has 328 valence electrons. The van der Waals surface area contributed by atoms with Crippen LogP contribution >= 0.6 is 0 Å². The Morgan fingerprint density at radius 2 is 1.36 bits per heavy atom. The summed E-state index contributed by atoms with van der Waals surface area (Å²) in [6.45, 7) is 6.68. The monoisotopic (exact) mass is 1060 g/mol. The Morgan fingerprint density at radius 3 is 2.13 bits per heavy atom. The van der Waals surface area contributed by atoms with E-state index < -0.39 is 11.9 Å². The summed E-state index contributed by atoms with van der Waals surface area (Å²) in [5.74, 6) is 0.0394. The predicted octanol–water partition coefficient (Wildman–Crippen LogP) is 16.4. The first-order valence-corrected chi connectivity index (χ1v) is 21.5. The Morgan fingerprint density at radius 1 is 0.627 bits per heavy atom. The molecule has 0 aliphatic heterocycles. The molecule has 0 spiro atoms. The third-order valence-corrected chi connectivity index (χ3v) is 11.9. The van der Waals surface area contributed by atoms with Gasteiger partial charge in [-0.3, -0.25) is 4.98 Å². The van der Waals surface area contributed by atoms with Crippen LogP contribution in [0.3, 0.4) is 0 Å². The summed E-state index contributed by atoms with van der Waals surface area (Å²) in [6.07, 6.45) is -0.595. The number of hydrogen-bond acceptors (Lipinski definition) is 4. The summed E-state index contributed by atoms with van der Waals surface area (Å²) in [7, 11) is 0. The molecule has 0 unspecified atom stereocenters. The molecule has 0 fully saturated rings. The number of para-hydroxylation sites is 2. The van der Waals surface area contributed by atoms with Crippen LogP contribution in [-0.4, -0.2) is 14.5 Å². The number of halogens is 3. The van der Waals surface area contributed by atoms with Gasteiger partial charge in [0.1, 0.15) is 5.58 Å². The molecular formula is C58H38F3N3O2Pt. The minimum absolute atomic E-state index is 0. The van der Waals surface area contributed by atoms with Crippen LogP contribution in [0.5, 0.6) is 11.5 Å². The van der Waals surface area contributed by atoms with E-state index in [0.717, 1.165) is 77.3 Å².